The maximum Gasteiger partial charge on any atom is 0.274 e. The fourth-order valence-electron chi connectivity index (χ4n) is 3.36. The summed E-state index contributed by atoms with van der Waals surface area (Å²) in [7, 11) is 1.72. The van der Waals surface area contributed by atoms with E-state index in [0.717, 1.165) is 31.6 Å². The summed E-state index contributed by atoms with van der Waals surface area (Å²) in [5.74, 6) is 0.0327. The van der Waals surface area contributed by atoms with Crippen molar-refractivity contribution in [3.05, 3.63) is 52.8 Å². The van der Waals surface area contributed by atoms with Crippen LogP contribution in [0.25, 0.3) is 0 Å². The van der Waals surface area contributed by atoms with Crippen LogP contribution < -0.4 is 0 Å². The first-order valence-electron chi connectivity index (χ1n) is 7.70. The summed E-state index contributed by atoms with van der Waals surface area (Å²) < 4.78 is 7.25. The highest BCUT2D eigenvalue weighted by molar-refractivity contribution is 5.92. The lowest BCUT2D eigenvalue weighted by atomic mass is 10.00. The van der Waals surface area contributed by atoms with E-state index >= 15 is 0 Å². The molecule has 4 rings (SSSR count). The molecular weight excluding hydrogens is 278 g/mol. The molecular formula is C17H19N3O2. The van der Waals surface area contributed by atoms with E-state index in [-0.39, 0.29) is 12.0 Å². The van der Waals surface area contributed by atoms with Gasteiger partial charge in [0.15, 0.2) is 5.69 Å². The SMILES string of the molecule is CO[C@H]1Cc2cc(C(=O)N3CCc4ccccc4C3)nn2C1. The zero-order valence-corrected chi connectivity index (χ0v) is 12.7. The molecule has 2 aliphatic rings. The fraction of sp³-hybridized carbons (Fsp3) is 0.412. The number of ether oxygens (including phenoxy) is 1. The Morgan fingerprint density at radius 1 is 1.32 bits per heavy atom. The lowest BCUT2D eigenvalue weighted by molar-refractivity contribution is 0.0724. The second kappa shape index (κ2) is 5.25. The van der Waals surface area contributed by atoms with Crippen LogP contribution in [-0.4, -0.2) is 40.3 Å². The van der Waals surface area contributed by atoms with Gasteiger partial charge in [0.1, 0.15) is 0 Å². The number of amides is 1. The zero-order chi connectivity index (χ0) is 15.1. The molecule has 2 aromatic rings. The maximum atomic E-state index is 12.7. The van der Waals surface area contributed by atoms with Crippen LogP contribution in [0.2, 0.25) is 0 Å². The zero-order valence-electron chi connectivity index (χ0n) is 12.7. The smallest absolute Gasteiger partial charge is 0.274 e. The van der Waals surface area contributed by atoms with Crippen molar-refractivity contribution in [3.8, 4) is 0 Å². The van der Waals surface area contributed by atoms with E-state index < -0.39 is 0 Å². The maximum absolute atomic E-state index is 12.7. The van der Waals surface area contributed by atoms with Gasteiger partial charge < -0.3 is 9.64 Å². The van der Waals surface area contributed by atoms with E-state index in [9.17, 15) is 4.79 Å². The summed E-state index contributed by atoms with van der Waals surface area (Å²) in [6.45, 7) is 2.18. The predicted molar refractivity (Wildman–Crippen MR) is 81.6 cm³/mol. The summed E-state index contributed by atoms with van der Waals surface area (Å²) >= 11 is 0. The monoisotopic (exact) mass is 297 g/mol. The third kappa shape index (κ3) is 2.22. The number of hydrogen-bond acceptors (Lipinski definition) is 3. The second-order valence-electron chi connectivity index (χ2n) is 6.01. The van der Waals surface area contributed by atoms with Gasteiger partial charge in [-0.25, -0.2) is 0 Å². The molecule has 0 saturated heterocycles. The van der Waals surface area contributed by atoms with Crippen LogP contribution in [0.4, 0.5) is 0 Å². The number of fused-ring (bicyclic) bond motifs is 2. The topological polar surface area (TPSA) is 47.4 Å². The number of nitrogens with zero attached hydrogens (tertiary/aromatic N) is 3. The molecule has 5 nitrogen and oxygen atoms in total. The third-order valence-electron chi connectivity index (χ3n) is 4.65. The normalized spacial score (nSPS) is 19.9. The fourth-order valence-corrected chi connectivity index (χ4v) is 3.36. The van der Waals surface area contributed by atoms with E-state index in [1.165, 1.54) is 11.1 Å². The number of rotatable bonds is 2. The van der Waals surface area contributed by atoms with Crippen molar-refractivity contribution in [2.75, 3.05) is 13.7 Å². The Labute approximate surface area is 129 Å². The Hall–Kier alpha value is -2.14. The molecule has 0 N–H and O–H groups in total. The molecule has 1 atom stereocenters. The van der Waals surface area contributed by atoms with Crippen LogP contribution in [0.15, 0.2) is 30.3 Å². The largest absolute Gasteiger partial charge is 0.379 e. The van der Waals surface area contributed by atoms with Crippen LogP contribution in [0.1, 0.15) is 27.3 Å². The van der Waals surface area contributed by atoms with Crippen molar-refractivity contribution in [1.29, 1.82) is 0 Å². The second-order valence-corrected chi connectivity index (χ2v) is 6.01. The standard InChI is InChI=1S/C17H19N3O2/c1-22-15-8-14-9-16(18-20(14)11-15)17(21)19-7-6-12-4-2-3-5-13(12)10-19/h2-5,9,15H,6-8,10-11H2,1H3/t15-/m0/s1. The minimum Gasteiger partial charge on any atom is -0.379 e. The van der Waals surface area contributed by atoms with Gasteiger partial charge in [-0.05, 0) is 23.6 Å². The molecule has 0 fully saturated rings. The summed E-state index contributed by atoms with van der Waals surface area (Å²) in [5, 5.41) is 4.47. The molecule has 0 spiro atoms. The molecule has 0 aliphatic carbocycles. The van der Waals surface area contributed by atoms with Gasteiger partial charge in [-0.15, -0.1) is 0 Å². The van der Waals surface area contributed by atoms with Crippen molar-refractivity contribution in [3.63, 3.8) is 0 Å². The molecule has 1 aromatic carbocycles. The Kier molecular flexibility index (Phi) is 3.22. The summed E-state index contributed by atoms with van der Waals surface area (Å²) in [6, 6.07) is 10.3. The molecule has 0 radical (unpaired) electrons. The van der Waals surface area contributed by atoms with Gasteiger partial charge in [0.2, 0.25) is 0 Å². The molecule has 5 heteroatoms. The molecule has 0 bridgehead atoms. The van der Waals surface area contributed by atoms with Gasteiger partial charge in [-0.2, -0.15) is 5.10 Å². The number of methoxy groups -OCH3 is 1. The molecule has 2 aliphatic heterocycles. The highest BCUT2D eigenvalue weighted by Gasteiger charge is 2.28. The van der Waals surface area contributed by atoms with Crippen LogP contribution in [0, 0.1) is 0 Å². The highest BCUT2D eigenvalue weighted by atomic mass is 16.5. The number of carbonyl (C=O) groups is 1. The molecule has 1 amide bonds. The molecule has 0 saturated carbocycles. The summed E-state index contributed by atoms with van der Waals surface area (Å²) in [6.07, 6.45) is 1.94. The number of aromatic nitrogens is 2. The Morgan fingerprint density at radius 2 is 2.14 bits per heavy atom. The Morgan fingerprint density at radius 3 is 2.91 bits per heavy atom. The van der Waals surface area contributed by atoms with Crippen LogP contribution in [-0.2, 0) is 30.7 Å². The van der Waals surface area contributed by atoms with Gasteiger partial charge in [-0.1, -0.05) is 24.3 Å². The van der Waals surface area contributed by atoms with E-state index in [1.807, 2.05) is 21.7 Å². The van der Waals surface area contributed by atoms with E-state index in [1.54, 1.807) is 7.11 Å². The van der Waals surface area contributed by atoms with Crippen LogP contribution in [0.5, 0.6) is 0 Å². The average Bonchev–Trinajstić information content (AvgIpc) is 3.12. The third-order valence-corrected chi connectivity index (χ3v) is 4.65. The van der Waals surface area contributed by atoms with Gasteiger partial charge in [0, 0.05) is 32.3 Å². The van der Waals surface area contributed by atoms with E-state index in [0.29, 0.717) is 12.2 Å². The lowest BCUT2D eigenvalue weighted by Gasteiger charge is -2.28. The van der Waals surface area contributed by atoms with Crippen molar-refractivity contribution in [1.82, 2.24) is 14.7 Å². The van der Waals surface area contributed by atoms with Crippen molar-refractivity contribution < 1.29 is 9.53 Å². The van der Waals surface area contributed by atoms with Crippen LogP contribution >= 0.6 is 0 Å². The highest BCUT2D eigenvalue weighted by Crippen LogP contribution is 2.22. The van der Waals surface area contributed by atoms with Gasteiger partial charge in [0.25, 0.3) is 5.91 Å². The first-order valence-corrected chi connectivity index (χ1v) is 7.70. The van der Waals surface area contributed by atoms with Crippen molar-refractivity contribution in [2.24, 2.45) is 0 Å². The minimum absolute atomic E-state index is 0.0327. The average molecular weight is 297 g/mol. The molecule has 114 valence electrons. The molecule has 3 heterocycles. The molecule has 0 unspecified atom stereocenters. The quantitative estimate of drug-likeness (QED) is 0.847. The first kappa shape index (κ1) is 13.5. The Bertz CT molecular complexity index is 699. The number of hydrogen-bond donors (Lipinski definition) is 0. The predicted octanol–water partition coefficient (Wildman–Crippen LogP) is 1.65. The van der Waals surface area contributed by atoms with Crippen LogP contribution in [0.3, 0.4) is 0 Å². The van der Waals surface area contributed by atoms with Gasteiger partial charge >= 0.3 is 0 Å². The van der Waals surface area contributed by atoms with E-state index in [2.05, 4.69) is 23.3 Å². The van der Waals surface area contributed by atoms with Gasteiger partial charge in [-0.3, -0.25) is 9.48 Å². The molecule has 22 heavy (non-hydrogen) atoms. The minimum atomic E-state index is 0.0327. The lowest BCUT2D eigenvalue weighted by Crippen LogP contribution is -2.36. The summed E-state index contributed by atoms with van der Waals surface area (Å²) in [5.41, 5.74) is 4.24. The van der Waals surface area contributed by atoms with Gasteiger partial charge in [0.05, 0.1) is 12.6 Å². The number of benzene rings is 1. The van der Waals surface area contributed by atoms with Crippen molar-refractivity contribution >= 4 is 5.91 Å². The van der Waals surface area contributed by atoms with E-state index in [4.69, 9.17) is 4.74 Å². The number of carbonyl (C=O) groups excluding carboxylic acids is 1. The molecule has 1 aromatic heterocycles. The first-order chi connectivity index (χ1) is 10.7. The summed E-state index contributed by atoms with van der Waals surface area (Å²) in [4.78, 5) is 14.6. The van der Waals surface area contributed by atoms with Crippen molar-refractivity contribution in [2.45, 2.75) is 32.0 Å². The Balaban J connectivity index is 1.52.